The van der Waals surface area contributed by atoms with Gasteiger partial charge in [-0.15, -0.1) is 11.3 Å². The normalized spacial score (nSPS) is 12.0. The first-order chi connectivity index (χ1) is 12.5. The van der Waals surface area contributed by atoms with Gasteiger partial charge < -0.3 is 19.9 Å². The monoisotopic (exact) mass is 395 g/mol. The quantitative estimate of drug-likeness (QED) is 0.716. The molecule has 2 N–H and O–H groups in total. The highest BCUT2D eigenvalue weighted by molar-refractivity contribution is 7.18. The number of nitrogens with one attached hydrogen (secondary N) is 1. The topological polar surface area (TPSA) is 111 Å². The minimum absolute atomic E-state index is 0.338. The Hall–Kier alpha value is -2.42. The van der Waals surface area contributed by atoms with Crippen molar-refractivity contribution < 1.29 is 24.2 Å². The van der Waals surface area contributed by atoms with Crippen LogP contribution in [-0.4, -0.2) is 45.1 Å². The zero-order valence-electron chi connectivity index (χ0n) is 16.2. The number of hydrogen-bond donors (Lipinski definition) is 2. The predicted molar refractivity (Wildman–Crippen MR) is 102 cm³/mol. The molecule has 0 radical (unpaired) electrons. The van der Waals surface area contributed by atoms with E-state index < -0.39 is 23.5 Å². The van der Waals surface area contributed by atoms with Gasteiger partial charge in [0.1, 0.15) is 22.4 Å². The molecule has 0 fully saturated rings. The first kappa shape index (κ1) is 20.9. The summed E-state index contributed by atoms with van der Waals surface area (Å²) in [7, 11) is 0. The van der Waals surface area contributed by atoms with Crippen LogP contribution in [0.15, 0.2) is 12.4 Å². The third-order valence-corrected chi connectivity index (χ3v) is 4.56. The van der Waals surface area contributed by atoms with Crippen LogP contribution in [0.3, 0.4) is 0 Å². The summed E-state index contributed by atoms with van der Waals surface area (Å²) in [6.45, 7) is 9.29. The van der Waals surface area contributed by atoms with Crippen LogP contribution in [0.1, 0.15) is 45.2 Å². The van der Waals surface area contributed by atoms with E-state index in [9.17, 15) is 9.59 Å². The summed E-state index contributed by atoms with van der Waals surface area (Å²) in [5, 5.41) is 12.5. The van der Waals surface area contributed by atoms with Crippen LogP contribution in [0.2, 0.25) is 0 Å². The fourth-order valence-electron chi connectivity index (χ4n) is 2.50. The Morgan fingerprint density at radius 3 is 2.52 bits per heavy atom. The molecule has 0 spiro atoms. The Morgan fingerprint density at radius 1 is 1.19 bits per heavy atom. The van der Waals surface area contributed by atoms with E-state index in [0.717, 1.165) is 20.8 Å². The van der Waals surface area contributed by atoms with Crippen LogP contribution in [0.25, 0.3) is 10.2 Å². The van der Waals surface area contributed by atoms with Crippen molar-refractivity contribution in [3.63, 3.8) is 0 Å². The van der Waals surface area contributed by atoms with Gasteiger partial charge in [-0.05, 0) is 47.1 Å². The van der Waals surface area contributed by atoms with Crippen LogP contribution in [0, 0.1) is 0 Å². The standard InChI is InChI=1S/C18H25N3O5S/c1-17(2,3)25-15(22)19-7-6-11-8-12-13(20-10-21-14(12)27-11)9-18(4,5)26-16(23)24/h8,10H,6-7,9H2,1-5H3,(H,19,22)(H,23,24). The lowest BCUT2D eigenvalue weighted by molar-refractivity contribution is 0.00391. The maximum absolute atomic E-state index is 11.7. The highest BCUT2D eigenvalue weighted by Gasteiger charge is 2.25. The molecule has 9 heteroatoms. The molecule has 2 heterocycles. The van der Waals surface area contributed by atoms with E-state index in [4.69, 9.17) is 14.6 Å². The van der Waals surface area contributed by atoms with Gasteiger partial charge in [0, 0.05) is 23.2 Å². The van der Waals surface area contributed by atoms with Crippen LogP contribution in [0.4, 0.5) is 9.59 Å². The third kappa shape index (κ3) is 6.67. The number of alkyl carbamates (subject to hydrolysis) is 1. The number of fused-ring (bicyclic) bond motifs is 1. The number of thiophene rings is 1. The molecule has 0 saturated carbocycles. The number of rotatable bonds is 6. The minimum Gasteiger partial charge on any atom is -0.450 e. The molecule has 0 saturated heterocycles. The number of amides is 1. The Labute approximate surface area is 161 Å². The van der Waals surface area contributed by atoms with Gasteiger partial charge in [-0.2, -0.15) is 0 Å². The summed E-state index contributed by atoms with van der Waals surface area (Å²) in [5.74, 6) is 0. The van der Waals surface area contributed by atoms with Gasteiger partial charge >= 0.3 is 12.2 Å². The molecule has 2 rings (SSSR count). The molecule has 0 unspecified atom stereocenters. The Bertz CT molecular complexity index is 826. The lowest BCUT2D eigenvalue weighted by atomic mass is 10.0. The predicted octanol–water partition coefficient (Wildman–Crippen LogP) is 3.77. The molecule has 2 aromatic heterocycles. The average Bonchev–Trinajstić information content (AvgIpc) is 2.87. The van der Waals surface area contributed by atoms with E-state index in [1.165, 1.54) is 17.7 Å². The number of carboxylic acid groups (broad SMARTS) is 1. The number of hydrogen-bond acceptors (Lipinski definition) is 7. The van der Waals surface area contributed by atoms with Crippen molar-refractivity contribution in [2.24, 2.45) is 0 Å². The summed E-state index contributed by atoms with van der Waals surface area (Å²) < 4.78 is 10.1. The number of ether oxygens (including phenoxy) is 2. The van der Waals surface area contributed by atoms with Gasteiger partial charge in [0.05, 0.1) is 5.69 Å². The van der Waals surface area contributed by atoms with Gasteiger partial charge in [0.2, 0.25) is 0 Å². The molecule has 2 aromatic rings. The molecule has 0 aliphatic rings. The number of nitrogens with zero attached hydrogens (tertiary/aromatic N) is 2. The van der Waals surface area contributed by atoms with E-state index in [1.54, 1.807) is 13.8 Å². The van der Waals surface area contributed by atoms with Gasteiger partial charge in [-0.1, -0.05) is 0 Å². The second-order valence-electron chi connectivity index (χ2n) is 7.74. The SMILES string of the molecule is CC(C)(C)OC(=O)NCCc1cc2c(CC(C)(C)OC(=O)O)ncnc2s1. The van der Waals surface area contributed by atoms with Crippen molar-refractivity contribution in [1.82, 2.24) is 15.3 Å². The second-order valence-corrected chi connectivity index (χ2v) is 8.85. The molecule has 0 atom stereocenters. The number of aromatic nitrogens is 2. The first-order valence-corrected chi connectivity index (χ1v) is 9.38. The van der Waals surface area contributed by atoms with Crippen molar-refractivity contribution in [2.45, 2.75) is 58.7 Å². The van der Waals surface area contributed by atoms with E-state index in [2.05, 4.69) is 15.3 Å². The van der Waals surface area contributed by atoms with Crippen LogP contribution in [-0.2, 0) is 22.3 Å². The lowest BCUT2D eigenvalue weighted by Gasteiger charge is -2.22. The zero-order chi connectivity index (χ0) is 20.2. The second kappa shape index (κ2) is 8.08. The molecule has 1 amide bonds. The summed E-state index contributed by atoms with van der Waals surface area (Å²) >= 11 is 1.52. The molecule has 0 aromatic carbocycles. The molecular weight excluding hydrogens is 370 g/mol. The smallest absolute Gasteiger partial charge is 0.450 e. The summed E-state index contributed by atoms with van der Waals surface area (Å²) in [4.78, 5) is 33.0. The zero-order valence-corrected chi connectivity index (χ0v) is 17.0. The molecule has 8 nitrogen and oxygen atoms in total. The first-order valence-electron chi connectivity index (χ1n) is 8.56. The van der Waals surface area contributed by atoms with E-state index in [0.29, 0.717) is 19.4 Å². The highest BCUT2D eigenvalue weighted by atomic mass is 32.1. The maximum Gasteiger partial charge on any atom is 0.506 e. The molecular formula is C18H25N3O5S. The summed E-state index contributed by atoms with van der Waals surface area (Å²) in [5.41, 5.74) is -0.696. The summed E-state index contributed by atoms with van der Waals surface area (Å²) in [6.07, 6.45) is 0.675. The Balaban J connectivity index is 2.05. The molecule has 0 aliphatic heterocycles. The van der Waals surface area contributed by atoms with Crippen LogP contribution in [0.5, 0.6) is 0 Å². The summed E-state index contributed by atoms with van der Waals surface area (Å²) in [6, 6.07) is 1.98. The lowest BCUT2D eigenvalue weighted by Crippen LogP contribution is -2.33. The Morgan fingerprint density at radius 2 is 1.89 bits per heavy atom. The van der Waals surface area contributed by atoms with Crippen molar-refractivity contribution >= 4 is 33.8 Å². The van der Waals surface area contributed by atoms with Crippen molar-refractivity contribution in [2.75, 3.05) is 6.54 Å². The fourth-order valence-corrected chi connectivity index (χ4v) is 3.51. The van der Waals surface area contributed by atoms with Crippen molar-refractivity contribution in [3.8, 4) is 0 Å². The minimum atomic E-state index is -1.32. The number of carbonyl (C=O) groups is 2. The van der Waals surface area contributed by atoms with E-state index in [-0.39, 0.29) is 0 Å². The van der Waals surface area contributed by atoms with Gasteiger partial charge in [-0.3, -0.25) is 0 Å². The van der Waals surface area contributed by atoms with E-state index in [1.807, 2.05) is 26.8 Å². The van der Waals surface area contributed by atoms with E-state index >= 15 is 0 Å². The third-order valence-electron chi connectivity index (χ3n) is 3.46. The van der Waals surface area contributed by atoms with Crippen LogP contribution >= 0.6 is 11.3 Å². The molecule has 27 heavy (non-hydrogen) atoms. The maximum atomic E-state index is 11.7. The number of carbonyl (C=O) groups excluding carboxylic acids is 1. The van der Waals surface area contributed by atoms with Gasteiger partial charge in [0.25, 0.3) is 0 Å². The van der Waals surface area contributed by atoms with Crippen molar-refractivity contribution in [1.29, 1.82) is 0 Å². The van der Waals surface area contributed by atoms with Gasteiger partial charge in [0.15, 0.2) is 0 Å². The average molecular weight is 395 g/mol. The van der Waals surface area contributed by atoms with Crippen molar-refractivity contribution in [3.05, 3.63) is 23.0 Å². The molecule has 0 aliphatic carbocycles. The van der Waals surface area contributed by atoms with Crippen LogP contribution < -0.4 is 5.32 Å². The Kier molecular flexibility index (Phi) is 6.25. The largest absolute Gasteiger partial charge is 0.506 e. The van der Waals surface area contributed by atoms with Gasteiger partial charge in [-0.25, -0.2) is 19.6 Å². The molecule has 148 valence electrons. The fraction of sp³-hybridized carbons (Fsp3) is 0.556. The molecule has 0 bridgehead atoms. The highest BCUT2D eigenvalue weighted by Crippen LogP contribution is 2.28.